The Hall–Kier alpha value is -3.15. The third kappa shape index (κ3) is 7.67. The molecule has 3 aromatic rings. The lowest BCUT2D eigenvalue weighted by atomic mass is 9.87. The molecule has 0 saturated carbocycles. The second-order valence-corrected chi connectivity index (χ2v) is 8.32. The number of aldehydes is 1. The molecular formula is C27H28F3O4P. The number of aliphatic hydroxyl groups excluding tert-OH is 1. The van der Waals surface area contributed by atoms with Crippen molar-refractivity contribution in [1.29, 1.82) is 0 Å². The molecule has 2 N–H and O–H groups in total. The van der Waals surface area contributed by atoms with Crippen molar-refractivity contribution >= 4 is 25.6 Å². The van der Waals surface area contributed by atoms with Gasteiger partial charge in [-0.25, -0.2) is 0 Å². The van der Waals surface area contributed by atoms with Gasteiger partial charge in [0.2, 0.25) is 0 Å². The summed E-state index contributed by atoms with van der Waals surface area (Å²) in [6, 6.07) is 14.6. The number of aromatic hydroxyl groups is 1. The molecule has 0 bridgehead atoms. The highest BCUT2D eigenvalue weighted by Crippen LogP contribution is 2.41. The van der Waals surface area contributed by atoms with E-state index in [2.05, 4.69) is 0 Å². The van der Waals surface area contributed by atoms with Crippen molar-refractivity contribution in [2.45, 2.75) is 32.4 Å². The summed E-state index contributed by atoms with van der Waals surface area (Å²) in [6.45, 7) is 1.58. The molecule has 1 aromatic heterocycles. The fraction of sp³-hybridized carbons (Fsp3) is 0.259. The summed E-state index contributed by atoms with van der Waals surface area (Å²) in [4.78, 5) is 10.6. The lowest BCUT2D eigenvalue weighted by Gasteiger charge is -2.20. The largest absolute Gasteiger partial charge is 0.508 e. The standard InChI is InChI=1S/C26H24F3O3P.CH4O/c1-2-3-4-22(20-7-10-24(32-14-13-30)23(17-20)26(27,28)29)25(19-11-15-33-16-12-19)18-5-8-21(31)9-6-18;1-2/h5-13,15-17,31H,2-4,14H2,1H3;2H,1H3/b25-22+;. The Morgan fingerprint density at radius 2 is 1.57 bits per heavy atom. The van der Waals surface area contributed by atoms with Crippen LogP contribution in [-0.4, -0.2) is 30.2 Å². The molecule has 0 aliphatic carbocycles. The smallest absolute Gasteiger partial charge is 0.419 e. The van der Waals surface area contributed by atoms with E-state index in [0.29, 0.717) is 18.3 Å². The first-order chi connectivity index (χ1) is 16.8. The zero-order valence-corrected chi connectivity index (χ0v) is 20.4. The van der Waals surface area contributed by atoms with E-state index in [0.717, 1.165) is 56.5 Å². The highest BCUT2D eigenvalue weighted by molar-refractivity contribution is 7.28. The molecule has 0 saturated heterocycles. The third-order valence-corrected chi connectivity index (χ3v) is 5.79. The zero-order valence-electron chi connectivity index (χ0n) is 19.5. The highest BCUT2D eigenvalue weighted by atomic mass is 31.0. The molecule has 0 aliphatic rings. The van der Waals surface area contributed by atoms with Gasteiger partial charge in [0.25, 0.3) is 0 Å². The van der Waals surface area contributed by atoms with Crippen LogP contribution in [0.4, 0.5) is 13.2 Å². The average Bonchev–Trinajstić information content (AvgIpc) is 2.87. The molecule has 0 radical (unpaired) electrons. The van der Waals surface area contributed by atoms with E-state index in [9.17, 15) is 23.1 Å². The quantitative estimate of drug-likeness (QED) is 0.237. The van der Waals surface area contributed by atoms with Crippen LogP contribution in [0.2, 0.25) is 0 Å². The van der Waals surface area contributed by atoms with Crippen molar-refractivity contribution < 1.29 is 32.9 Å². The number of carbonyl (C=O) groups excluding carboxylic acids is 1. The van der Waals surface area contributed by atoms with Crippen LogP contribution in [0.15, 0.2) is 66.2 Å². The molecule has 35 heavy (non-hydrogen) atoms. The Morgan fingerprint density at radius 3 is 2.14 bits per heavy atom. The van der Waals surface area contributed by atoms with Crippen molar-refractivity contribution in [2.24, 2.45) is 0 Å². The minimum Gasteiger partial charge on any atom is -0.508 e. The van der Waals surface area contributed by atoms with Crippen LogP contribution >= 0.6 is 8.19 Å². The maximum absolute atomic E-state index is 13.9. The number of carbonyl (C=O) groups is 1. The van der Waals surface area contributed by atoms with Gasteiger partial charge in [-0.2, -0.15) is 13.2 Å². The van der Waals surface area contributed by atoms with Crippen molar-refractivity contribution in [1.82, 2.24) is 0 Å². The number of phenols is 1. The molecule has 8 heteroatoms. The Kier molecular flexibility index (Phi) is 11.0. The predicted octanol–water partition coefficient (Wildman–Crippen LogP) is 7.33. The van der Waals surface area contributed by atoms with Crippen LogP contribution in [0.3, 0.4) is 0 Å². The van der Waals surface area contributed by atoms with E-state index in [1.807, 2.05) is 30.7 Å². The molecule has 3 rings (SSSR count). The Balaban J connectivity index is 0.00000210. The van der Waals surface area contributed by atoms with Crippen molar-refractivity contribution in [3.05, 3.63) is 88.4 Å². The number of hydrogen-bond acceptors (Lipinski definition) is 4. The number of benzene rings is 2. The molecule has 186 valence electrons. The van der Waals surface area contributed by atoms with E-state index in [1.165, 1.54) is 6.07 Å². The minimum absolute atomic E-state index is 0.113. The number of allylic oxidation sites excluding steroid dienone is 1. The first kappa shape index (κ1) is 28.1. The number of phenolic OH excluding ortho intramolecular Hbond substituents is 1. The van der Waals surface area contributed by atoms with Gasteiger partial charge in [0, 0.05) is 7.11 Å². The SMILES string of the molecule is CCCC/C(=C(\c1ccpcc1)c1ccc(O)cc1)c1ccc(OCC=O)c(C(F)(F)F)c1.CO. The summed E-state index contributed by atoms with van der Waals surface area (Å²) >= 11 is 0. The number of aliphatic hydroxyl groups is 1. The molecule has 0 fully saturated rings. The average molecular weight is 504 g/mol. The zero-order chi connectivity index (χ0) is 25.8. The summed E-state index contributed by atoms with van der Waals surface area (Å²) in [5.41, 5.74) is 2.81. The van der Waals surface area contributed by atoms with Crippen LogP contribution in [0.5, 0.6) is 11.5 Å². The molecule has 0 unspecified atom stereocenters. The van der Waals surface area contributed by atoms with Crippen LogP contribution < -0.4 is 4.74 Å². The van der Waals surface area contributed by atoms with Gasteiger partial charge in [-0.05, 0) is 88.7 Å². The van der Waals surface area contributed by atoms with Crippen LogP contribution in [0.25, 0.3) is 11.1 Å². The Morgan fingerprint density at radius 1 is 0.971 bits per heavy atom. The summed E-state index contributed by atoms with van der Waals surface area (Å²) in [7, 11) is 2.03. The van der Waals surface area contributed by atoms with E-state index < -0.39 is 18.3 Å². The second kappa shape index (κ2) is 13.7. The highest BCUT2D eigenvalue weighted by Gasteiger charge is 2.35. The first-order valence-electron chi connectivity index (χ1n) is 11.0. The van der Waals surface area contributed by atoms with Crippen LogP contribution in [-0.2, 0) is 11.0 Å². The third-order valence-electron chi connectivity index (χ3n) is 5.15. The number of rotatable bonds is 9. The van der Waals surface area contributed by atoms with Gasteiger partial charge in [0.05, 0.1) is 5.56 Å². The number of unbranched alkanes of at least 4 members (excludes halogenated alkanes) is 1. The lowest BCUT2D eigenvalue weighted by molar-refractivity contribution is -0.139. The van der Waals surface area contributed by atoms with E-state index in [1.54, 1.807) is 30.3 Å². The van der Waals surface area contributed by atoms with E-state index in [-0.39, 0.29) is 11.5 Å². The molecule has 0 amide bonds. The lowest BCUT2D eigenvalue weighted by Crippen LogP contribution is -2.10. The number of alkyl halides is 3. The normalized spacial score (nSPS) is 11.7. The predicted molar refractivity (Wildman–Crippen MR) is 134 cm³/mol. The van der Waals surface area contributed by atoms with Crippen LogP contribution in [0.1, 0.15) is 48.4 Å². The van der Waals surface area contributed by atoms with Gasteiger partial charge in [-0.3, -0.25) is 4.79 Å². The van der Waals surface area contributed by atoms with Gasteiger partial charge in [0.1, 0.15) is 18.1 Å². The molecule has 0 aliphatic heterocycles. The number of ether oxygens (including phenoxy) is 1. The molecule has 1 heterocycles. The summed E-state index contributed by atoms with van der Waals surface area (Å²) in [5.74, 6) is 3.70. The Bertz CT molecular complexity index is 1110. The fourth-order valence-electron chi connectivity index (χ4n) is 3.62. The first-order valence-corrected chi connectivity index (χ1v) is 12.0. The van der Waals surface area contributed by atoms with Crippen molar-refractivity contribution in [2.75, 3.05) is 13.7 Å². The van der Waals surface area contributed by atoms with Crippen molar-refractivity contribution in [3.63, 3.8) is 0 Å². The Labute approximate surface area is 204 Å². The summed E-state index contributed by atoms with van der Waals surface area (Å²) < 4.78 is 46.6. The number of halogens is 3. The van der Waals surface area contributed by atoms with Gasteiger partial charge in [0.15, 0.2) is 6.29 Å². The van der Waals surface area contributed by atoms with Gasteiger partial charge < -0.3 is 14.9 Å². The second-order valence-electron chi connectivity index (χ2n) is 7.43. The molecule has 0 spiro atoms. The van der Waals surface area contributed by atoms with Gasteiger partial charge in [-0.1, -0.05) is 39.7 Å². The topological polar surface area (TPSA) is 66.8 Å². The maximum atomic E-state index is 13.9. The van der Waals surface area contributed by atoms with Gasteiger partial charge in [-0.15, -0.1) is 0 Å². The maximum Gasteiger partial charge on any atom is 0.419 e. The minimum atomic E-state index is -4.64. The molecule has 4 nitrogen and oxygen atoms in total. The van der Waals surface area contributed by atoms with E-state index in [4.69, 9.17) is 9.84 Å². The van der Waals surface area contributed by atoms with Gasteiger partial charge >= 0.3 is 6.18 Å². The summed E-state index contributed by atoms with van der Waals surface area (Å²) in [5, 5.41) is 16.8. The van der Waals surface area contributed by atoms with E-state index >= 15 is 0 Å². The molecule has 0 atom stereocenters. The monoisotopic (exact) mass is 504 g/mol. The molecular weight excluding hydrogens is 476 g/mol. The molecule has 2 aromatic carbocycles. The summed E-state index contributed by atoms with van der Waals surface area (Å²) in [6.07, 6.45) is -1.98. The fourth-order valence-corrected chi connectivity index (χ4v) is 4.21. The number of hydrogen-bond donors (Lipinski definition) is 2. The van der Waals surface area contributed by atoms with Crippen LogP contribution in [0, 0.1) is 0 Å². The van der Waals surface area contributed by atoms with Crippen molar-refractivity contribution in [3.8, 4) is 11.5 Å².